The fourth-order valence-electron chi connectivity index (χ4n) is 5.10. The summed E-state index contributed by atoms with van der Waals surface area (Å²) in [5.41, 5.74) is 7.82. The van der Waals surface area contributed by atoms with E-state index in [1.165, 1.54) is 22.3 Å². The molecule has 0 bridgehead atoms. The number of aromatic nitrogens is 1. The fraction of sp³-hybridized carbons (Fsp3) is 0.400. The molecule has 0 fully saturated rings. The van der Waals surface area contributed by atoms with E-state index in [4.69, 9.17) is 14.5 Å². The summed E-state index contributed by atoms with van der Waals surface area (Å²) >= 11 is 0. The molecule has 0 atom stereocenters. The van der Waals surface area contributed by atoms with E-state index in [0.717, 1.165) is 54.0 Å². The lowest BCUT2D eigenvalue weighted by Gasteiger charge is -2.31. The summed E-state index contributed by atoms with van der Waals surface area (Å²) in [6.45, 7) is 11.6. The molecule has 2 aliphatic rings. The van der Waals surface area contributed by atoms with Crippen molar-refractivity contribution in [2.45, 2.75) is 71.4 Å². The zero-order valence-corrected chi connectivity index (χ0v) is 20.9. The Kier molecular flexibility index (Phi) is 5.71. The van der Waals surface area contributed by atoms with Gasteiger partial charge in [-0.3, -0.25) is 9.98 Å². The number of ether oxygens (including phenoxy) is 2. The van der Waals surface area contributed by atoms with Crippen LogP contribution < -0.4 is 9.47 Å². The van der Waals surface area contributed by atoms with Crippen molar-refractivity contribution in [3.63, 3.8) is 0 Å². The van der Waals surface area contributed by atoms with Gasteiger partial charge >= 0.3 is 0 Å². The van der Waals surface area contributed by atoms with Gasteiger partial charge in [-0.25, -0.2) is 0 Å². The molecule has 176 valence electrons. The maximum Gasteiger partial charge on any atom is 0.166 e. The third-order valence-electron chi connectivity index (χ3n) is 6.59. The zero-order valence-electron chi connectivity index (χ0n) is 20.9. The summed E-state index contributed by atoms with van der Waals surface area (Å²) in [5, 5.41) is 0. The molecule has 0 spiro atoms. The molecular weight excluding hydrogens is 420 g/mol. The highest BCUT2D eigenvalue weighted by Crippen LogP contribution is 2.48. The minimum Gasteiger partial charge on any atom is -0.490 e. The number of nitrogens with zero attached hydrogens (tertiary/aromatic N) is 2. The topological polar surface area (TPSA) is 43.7 Å². The second kappa shape index (κ2) is 8.57. The number of hydrogen-bond donors (Lipinski definition) is 0. The Bertz CT molecular complexity index is 1240. The monoisotopic (exact) mass is 454 g/mol. The first-order valence-electron chi connectivity index (χ1n) is 12.4. The van der Waals surface area contributed by atoms with Gasteiger partial charge in [0.15, 0.2) is 11.5 Å². The Labute approximate surface area is 203 Å². The van der Waals surface area contributed by atoms with Crippen LogP contribution in [0.2, 0.25) is 0 Å². The molecule has 5 rings (SSSR count). The molecule has 0 unspecified atom stereocenters. The Morgan fingerprint density at radius 2 is 1.71 bits per heavy atom. The predicted molar refractivity (Wildman–Crippen MR) is 138 cm³/mol. The average Bonchev–Trinajstić information content (AvgIpc) is 3.14. The number of unbranched alkanes of at least 4 members (excludes halogenated alkanes) is 1. The van der Waals surface area contributed by atoms with Crippen LogP contribution >= 0.6 is 0 Å². The lowest BCUT2D eigenvalue weighted by atomic mass is 9.80. The molecule has 3 aromatic rings. The normalized spacial score (nSPS) is 17.4. The van der Waals surface area contributed by atoms with Gasteiger partial charge in [-0.15, -0.1) is 0 Å². The van der Waals surface area contributed by atoms with Gasteiger partial charge in [0.05, 0.1) is 17.9 Å². The van der Waals surface area contributed by atoms with Crippen LogP contribution in [0.1, 0.15) is 69.7 Å². The third-order valence-corrected chi connectivity index (χ3v) is 6.59. The summed E-state index contributed by atoms with van der Waals surface area (Å²) < 4.78 is 12.7. The Balaban J connectivity index is 1.66. The summed E-state index contributed by atoms with van der Waals surface area (Å²) in [4.78, 5) is 9.47. The van der Waals surface area contributed by atoms with Gasteiger partial charge in [-0.2, -0.15) is 0 Å². The lowest BCUT2D eigenvalue weighted by molar-refractivity contribution is 0.132. The van der Waals surface area contributed by atoms with Crippen LogP contribution in [0.25, 0.3) is 11.1 Å². The second-order valence-corrected chi connectivity index (χ2v) is 10.7. The molecule has 1 aromatic heterocycles. The van der Waals surface area contributed by atoms with Crippen LogP contribution in [0, 0.1) is 0 Å². The number of aliphatic imine (C=N–C) groups is 1. The van der Waals surface area contributed by atoms with Gasteiger partial charge in [-0.1, -0.05) is 31.5 Å². The molecule has 4 heteroatoms. The van der Waals surface area contributed by atoms with Gasteiger partial charge in [0, 0.05) is 35.5 Å². The molecule has 0 saturated heterocycles. The van der Waals surface area contributed by atoms with Gasteiger partial charge < -0.3 is 9.47 Å². The average molecular weight is 455 g/mol. The first kappa shape index (κ1) is 22.6. The molecule has 2 aliphatic heterocycles. The predicted octanol–water partition coefficient (Wildman–Crippen LogP) is 6.81. The molecule has 34 heavy (non-hydrogen) atoms. The van der Waals surface area contributed by atoms with Crippen LogP contribution in [0.15, 0.2) is 59.9 Å². The molecule has 0 amide bonds. The van der Waals surface area contributed by atoms with E-state index in [-0.39, 0.29) is 11.1 Å². The maximum atomic E-state index is 6.46. The van der Waals surface area contributed by atoms with E-state index < -0.39 is 0 Å². The fourth-order valence-corrected chi connectivity index (χ4v) is 5.10. The number of rotatable bonds is 6. The lowest BCUT2D eigenvalue weighted by Crippen LogP contribution is -2.30. The van der Waals surface area contributed by atoms with Gasteiger partial charge in [-0.05, 0) is 81.5 Å². The van der Waals surface area contributed by atoms with Crippen LogP contribution in [0.3, 0.4) is 0 Å². The minimum atomic E-state index is -0.267. The van der Waals surface area contributed by atoms with Crippen molar-refractivity contribution in [3.8, 4) is 22.6 Å². The number of pyridine rings is 1. The van der Waals surface area contributed by atoms with Crippen molar-refractivity contribution >= 4 is 5.71 Å². The number of hydrogen-bond acceptors (Lipinski definition) is 4. The molecule has 0 aliphatic carbocycles. The summed E-state index contributed by atoms with van der Waals surface area (Å²) in [6.07, 6.45) is 7.55. The zero-order chi connectivity index (χ0) is 23.9. The van der Waals surface area contributed by atoms with Crippen LogP contribution in [-0.2, 0) is 12.8 Å². The maximum absolute atomic E-state index is 6.46. The molecule has 2 aromatic carbocycles. The van der Waals surface area contributed by atoms with Crippen molar-refractivity contribution in [2.75, 3.05) is 6.61 Å². The van der Waals surface area contributed by atoms with Crippen molar-refractivity contribution in [1.29, 1.82) is 0 Å². The molecule has 0 radical (unpaired) electrons. The van der Waals surface area contributed by atoms with E-state index in [2.05, 4.69) is 69.9 Å². The highest BCUT2D eigenvalue weighted by atomic mass is 16.5. The Morgan fingerprint density at radius 3 is 2.47 bits per heavy atom. The van der Waals surface area contributed by atoms with E-state index in [1.807, 2.05) is 24.5 Å². The van der Waals surface area contributed by atoms with Crippen LogP contribution in [0.4, 0.5) is 0 Å². The van der Waals surface area contributed by atoms with Gasteiger partial charge in [0.2, 0.25) is 0 Å². The van der Waals surface area contributed by atoms with Crippen molar-refractivity contribution in [1.82, 2.24) is 4.98 Å². The van der Waals surface area contributed by atoms with Crippen molar-refractivity contribution in [3.05, 3.63) is 77.1 Å². The first-order chi connectivity index (χ1) is 16.3. The quantitative estimate of drug-likeness (QED) is 0.384. The van der Waals surface area contributed by atoms with Crippen molar-refractivity contribution in [2.24, 2.45) is 4.99 Å². The highest BCUT2D eigenvalue weighted by molar-refractivity contribution is 6.16. The highest BCUT2D eigenvalue weighted by Gasteiger charge is 2.39. The smallest absolute Gasteiger partial charge is 0.166 e. The minimum absolute atomic E-state index is 0.196. The van der Waals surface area contributed by atoms with Gasteiger partial charge in [0.25, 0.3) is 0 Å². The largest absolute Gasteiger partial charge is 0.490 e. The molecule has 0 N–H and O–H groups in total. The summed E-state index contributed by atoms with van der Waals surface area (Å²) in [6, 6.07) is 15.0. The van der Waals surface area contributed by atoms with Crippen molar-refractivity contribution < 1.29 is 9.47 Å². The van der Waals surface area contributed by atoms with Gasteiger partial charge in [0.1, 0.15) is 5.60 Å². The van der Waals surface area contributed by atoms with E-state index in [0.29, 0.717) is 6.61 Å². The van der Waals surface area contributed by atoms with E-state index >= 15 is 0 Å². The summed E-state index contributed by atoms with van der Waals surface area (Å²) in [5.74, 6) is 1.79. The molecule has 4 nitrogen and oxygen atoms in total. The Hall–Kier alpha value is -3.14. The number of fused-ring (bicyclic) bond motifs is 3. The Morgan fingerprint density at radius 1 is 0.941 bits per heavy atom. The third kappa shape index (κ3) is 4.34. The summed E-state index contributed by atoms with van der Waals surface area (Å²) in [7, 11) is 0. The van der Waals surface area contributed by atoms with E-state index in [1.54, 1.807) is 0 Å². The van der Waals surface area contributed by atoms with Crippen LogP contribution in [0.5, 0.6) is 11.5 Å². The number of benzene rings is 2. The first-order valence-corrected chi connectivity index (χ1v) is 12.4. The molecule has 0 saturated carbocycles. The van der Waals surface area contributed by atoms with Crippen LogP contribution in [-0.4, -0.2) is 28.4 Å². The molecular formula is C30H34N2O2. The second-order valence-electron chi connectivity index (χ2n) is 10.7. The standard InChI is InChI=1S/C30H34N2O2/c1-6-7-15-33-25-17-23-18-29(2,3)32-27(26(23)24-19-30(4,5)34-28(24)25)22-10-8-9-21(16-22)20-11-13-31-14-12-20/h8-14,16-17H,6-7,15,18-19H2,1-5H3. The molecule has 3 heterocycles. The SMILES string of the molecule is CCCCOc1cc2c(c3c1OC(C)(C)C3)C(c1cccc(-c3ccncc3)c1)=NC(C)(C)C2. The van der Waals surface area contributed by atoms with E-state index in [9.17, 15) is 0 Å².